The van der Waals surface area contributed by atoms with E-state index in [4.69, 9.17) is 5.11 Å². The van der Waals surface area contributed by atoms with Crippen LogP contribution in [-0.4, -0.2) is 42.6 Å². The van der Waals surface area contributed by atoms with Crippen LogP contribution >= 0.6 is 0 Å². The number of hydrogen-bond acceptors (Lipinski definition) is 6. The zero-order valence-electron chi connectivity index (χ0n) is 21.3. The molecule has 1 aromatic carbocycles. The van der Waals surface area contributed by atoms with Gasteiger partial charge in [0.05, 0.1) is 11.3 Å². The summed E-state index contributed by atoms with van der Waals surface area (Å²) < 4.78 is 83.5. The fraction of sp³-hybridized carbons (Fsp3) is 0.346. The zero-order chi connectivity index (χ0) is 28.8. The predicted octanol–water partition coefficient (Wildman–Crippen LogP) is 5.88. The fourth-order valence-electron chi connectivity index (χ4n) is 3.83. The number of aryl methyl sites for hydroxylation is 1. The molecular weight excluding hydrogens is 540 g/mol. The van der Waals surface area contributed by atoms with Gasteiger partial charge < -0.3 is 10.0 Å². The molecule has 0 amide bonds. The number of hydrogen-bond donors (Lipinski definition) is 2. The highest BCUT2D eigenvalue weighted by Gasteiger charge is 2.35. The Morgan fingerprint density at radius 1 is 1.05 bits per heavy atom. The lowest BCUT2D eigenvalue weighted by molar-refractivity contribution is -0.138. The average Bonchev–Trinajstić information content (AvgIpc) is 2.86. The van der Waals surface area contributed by atoms with E-state index in [0.717, 1.165) is 31.0 Å². The van der Waals surface area contributed by atoms with Gasteiger partial charge in [0.1, 0.15) is 17.5 Å². The number of pyridine rings is 2. The fourth-order valence-corrected chi connectivity index (χ4v) is 4.80. The van der Waals surface area contributed by atoms with E-state index in [9.17, 15) is 30.8 Å². The highest BCUT2D eigenvalue weighted by molar-refractivity contribution is 7.92. The SMILES string of the molecule is CCCCN(CCCC(=O)O)c1cccc(S(=O)(=O)Nc2ccc(C(F)(F)F)c(-c3cc(F)ccc3C)n2)n1. The number of alkyl halides is 3. The molecule has 0 saturated carbocycles. The van der Waals surface area contributed by atoms with Crippen molar-refractivity contribution in [1.29, 1.82) is 0 Å². The lowest BCUT2D eigenvalue weighted by Gasteiger charge is -2.24. The van der Waals surface area contributed by atoms with Gasteiger partial charge in [-0.2, -0.15) is 21.6 Å². The van der Waals surface area contributed by atoms with Crippen LogP contribution in [-0.2, 0) is 21.0 Å². The summed E-state index contributed by atoms with van der Waals surface area (Å²) in [6, 6.07) is 9.16. The molecule has 2 N–H and O–H groups in total. The summed E-state index contributed by atoms with van der Waals surface area (Å²) in [7, 11) is -4.39. The summed E-state index contributed by atoms with van der Waals surface area (Å²) >= 11 is 0. The predicted molar refractivity (Wildman–Crippen MR) is 138 cm³/mol. The van der Waals surface area contributed by atoms with Gasteiger partial charge in [0.25, 0.3) is 10.0 Å². The number of halogens is 4. The summed E-state index contributed by atoms with van der Waals surface area (Å²) in [5, 5.41) is 8.54. The largest absolute Gasteiger partial charge is 0.481 e. The van der Waals surface area contributed by atoms with Crippen molar-refractivity contribution in [3.8, 4) is 11.3 Å². The molecule has 8 nitrogen and oxygen atoms in total. The maximum atomic E-state index is 13.9. The van der Waals surface area contributed by atoms with Crippen molar-refractivity contribution in [3.05, 3.63) is 65.5 Å². The maximum Gasteiger partial charge on any atom is 0.418 e. The molecule has 2 heterocycles. The number of benzene rings is 1. The third kappa shape index (κ3) is 7.88. The van der Waals surface area contributed by atoms with E-state index in [1.54, 1.807) is 11.0 Å². The molecule has 0 saturated heterocycles. The standard InChI is InChI=1S/C26H28F4N4O4S/c1-3-4-14-34(15-6-9-24(35)36)22-7-5-8-23(32-22)39(37,38)33-21-13-12-20(26(28,29)30)25(31-21)19-16-18(27)11-10-17(19)2/h5,7-8,10-13,16H,3-4,6,9,14-15H2,1-2H3,(H,31,33)(H,35,36). The third-order valence-electron chi connectivity index (χ3n) is 5.80. The van der Waals surface area contributed by atoms with Gasteiger partial charge in [0.2, 0.25) is 0 Å². The van der Waals surface area contributed by atoms with Crippen molar-refractivity contribution in [2.75, 3.05) is 22.7 Å². The minimum absolute atomic E-state index is 0.0606. The Hall–Kier alpha value is -3.74. The molecule has 210 valence electrons. The van der Waals surface area contributed by atoms with Crippen LogP contribution in [0.1, 0.15) is 43.7 Å². The first-order valence-electron chi connectivity index (χ1n) is 12.1. The zero-order valence-corrected chi connectivity index (χ0v) is 22.1. The van der Waals surface area contributed by atoms with Gasteiger partial charge in [0, 0.05) is 25.1 Å². The van der Waals surface area contributed by atoms with Gasteiger partial charge in [0.15, 0.2) is 5.03 Å². The van der Waals surface area contributed by atoms with Gasteiger partial charge >= 0.3 is 12.1 Å². The second-order valence-electron chi connectivity index (χ2n) is 8.83. The van der Waals surface area contributed by atoms with E-state index in [2.05, 4.69) is 14.7 Å². The summed E-state index contributed by atoms with van der Waals surface area (Å²) in [4.78, 5) is 20.8. The number of anilines is 2. The molecule has 0 aliphatic rings. The molecule has 2 aromatic heterocycles. The first kappa shape index (κ1) is 29.8. The third-order valence-corrected chi connectivity index (χ3v) is 7.06. The minimum atomic E-state index is -4.82. The summed E-state index contributed by atoms with van der Waals surface area (Å²) in [5.41, 5.74) is -1.58. The Labute approximate surface area is 223 Å². The van der Waals surface area contributed by atoms with Crippen molar-refractivity contribution in [3.63, 3.8) is 0 Å². The van der Waals surface area contributed by atoms with Crippen LogP contribution in [0.3, 0.4) is 0 Å². The molecule has 0 spiro atoms. The summed E-state index contributed by atoms with van der Waals surface area (Å²) in [5.74, 6) is -1.81. The van der Waals surface area contributed by atoms with Gasteiger partial charge in [-0.25, -0.2) is 14.4 Å². The molecular formula is C26H28F4N4O4S. The first-order valence-corrected chi connectivity index (χ1v) is 13.6. The molecule has 0 aliphatic carbocycles. The number of carbonyl (C=O) groups is 1. The number of aliphatic carboxylic acids is 1. The molecule has 13 heteroatoms. The molecule has 0 bridgehead atoms. The topological polar surface area (TPSA) is 112 Å². The number of aromatic nitrogens is 2. The first-order chi connectivity index (χ1) is 18.3. The number of carboxylic acids is 1. The van der Waals surface area contributed by atoms with E-state index in [0.29, 0.717) is 37.0 Å². The molecule has 0 fully saturated rings. The number of nitrogens with zero attached hydrogens (tertiary/aromatic N) is 3. The Morgan fingerprint density at radius 2 is 1.77 bits per heavy atom. The highest BCUT2D eigenvalue weighted by atomic mass is 32.2. The number of sulfonamides is 1. The van der Waals surface area contributed by atoms with E-state index >= 15 is 0 Å². The Bertz CT molecular complexity index is 1430. The van der Waals surface area contributed by atoms with Crippen LogP contribution in [0.2, 0.25) is 0 Å². The van der Waals surface area contributed by atoms with Crippen molar-refractivity contribution in [2.24, 2.45) is 0 Å². The molecule has 3 rings (SSSR count). The van der Waals surface area contributed by atoms with Gasteiger partial charge in [-0.1, -0.05) is 25.5 Å². The van der Waals surface area contributed by atoms with Gasteiger partial charge in [-0.15, -0.1) is 0 Å². The Morgan fingerprint density at radius 3 is 2.44 bits per heavy atom. The lowest BCUT2D eigenvalue weighted by atomic mass is 10.0. The van der Waals surface area contributed by atoms with E-state index < -0.39 is 50.1 Å². The number of rotatable bonds is 12. The van der Waals surface area contributed by atoms with Crippen molar-refractivity contribution < 1.29 is 35.9 Å². The summed E-state index contributed by atoms with van der Waals surface area (Å²) in [6.07, 6.45) is -2.94. The quantitative estimate of drug-likeness (QED) is 0.262. The van der Waals surface area contributed by atoms with Crippen molar-refractivity contribution >= 4 is 27.6 Å². The average molecular weight is 569 g/mol. The number of nitrogens with one attached hydrogen (secondary N) is 1. The molecule has 0 unspecified atom stereocenters. The smallest absolute Gasteiger partial charge is 0.418 e. The van der Waals surface area contributed by atoms with Crippen LogP contribution in [0.4, 0.5) is 29.2 Å². The molecule has 0 aliphatic heterocycles. The molecule has 0 atom stereocenters. The number of unbranched alkanes of at least 4 members (excludes halogenated alkanes) is 1. The van der Waals surface area contributed by atoms with Crippen LogP contribution in [0.15, 0.2) is 53.6 Å². The number of carboxylic acid groups (broad SMARTS) is 1. The second kappa shape index (κ2) is 12.4. The van der Waals surface area contributed by atoms with Crippen LogP contribution in [0.5, 0.6) is 0 Å². The van der Waals surface area contributed by atoms with Crippen LogP contribution in [0, 0.1) is 12.7 Å². The van der Waals surface area contributed by atoms with Crippen LogP contribution < -0.4 is 9.62 Å². The summed E-state index contributed by atoms with van der Waals surface area (Å²) in [6.45, 7) is 4.33. The second-order valence-corrected chi connectivity index (χ2v) is 10.5. The Kier molecular flexibility index (Phi) is 9.49. The van der Waals surface area contributed by atoms with Crippen molar-refractivity contribution in [1.82, 2.24) is 9.97 Å². The molecule has 3 aromatic rings. The lowest BCUT2D eigenvalue weighted by Crippen LogP contribution is -2.28. The maximum absolute atomic E-state index is 13.9. The van der Waals surface area contributed by atoms with E-state index in [-0.39, 0.29) is 12.0 Å². The monoisotopic (exact) mass is 568 g/mol. The van der Waals surface area contributed by atoms with Crippen LogP contribution in [0.25, 0.3) is 11.3 Å². The minimum Gasteiger partial charge on any atom is -0.481 e. The normalized spacial score (nSPS) is 11.8. The van der Waals surface area contributed by atoms with E-state index in [1.165, 1.54) is 25.1 Å². The molecule has 0 radical (unpaired) electrons. The molecule has 39 heavy (non-hydrogen) atoms. The van der Waals surface area contributed by atoms with E-state index in [1.807, 2.05) is 6.92 Å². The van der Waals surface area contributed by atoms with Crippen molar-refractivity contribution in [2.45, 2.75) is 50.7 Å². The Balaban J connectivity index is 1.96. The van der Waals surface area contributed by atoms with Gasteiger partial charge in [-0.3, -0.25) is 9.52 Å². The highest BCUT2D eigenvalue weighted by Crippen LogP contribution is 2.38. The van der Waals surface area contributed by atoms with Gasteiger partial charge in [-0.05, 0) is 61.7 Å².